The summed E-state index contributed by atoms with van der Waals surface area (Å²) in [5.41, 5.74) is 1.59. The van der Waals surface area contributed by atoms with E-state index in [1.54, 1.807) is 12.1 Å². The first-order chi connectivity index (χ1) is 9.07. The lowest BCUT2D eigenvalue weighted by atomic mass is 10.1. The van der Waals surface area contributed by atoms with Crippen LogP contribution in [0.4, 0.5) is 8.78 Å². The largest absolute Gasteiger partial charge is 0.342 e. The molecule has 0 amide bonds. The van der Waals surface area contributed by atoms with Gasteiger partial charge in [0.05, 0.1) is 0 Å². The Morgan fingerprint density at radius 2 is 1.74 bits per heavy atom. The summed E-state index contributed by atoms with van der Waals surface area (Å²) in [6.45, 7) is 0.781. The molecule has 1 aromatic carbocycles. The minimum Gasteiger partial charge on any atom is -0.249 e. The molecule has 2 aromatic heterocycles. The number of benzene rings is 1. The average molecular weight is 260 g/mol. The van der Waals surface area contributed by atoms with Gasteiger partial charge in [0.25, 0.3) is 0 Å². The molecule has 3 aromatic rings. The minimum atomic E-state index is -3.12. The van der Waals surface area contributed by atoms with Gasteiger partial charge in [-0.15, -0.1) is 0 Å². The predicted octanol–water partition coefficient (Wildman–Crippen LogP) is 3.06. The smallest absolute Gasteiger partial charge is 0.249 e. The van der Waals surface area contributed by atoms with E-state index >= 15 is 0 Å². The van der Waals surface area contributed by atoms with Gasteiger partial charge in [0, 0.05) is 24.9 Å². The Hall–Kier alpha value is -2.37. The first-order valence-corrected chi connectivity index (χ1v) is 5.71. The van der Waals surface area contributed by atoms with Gasteiger partial charge in [-0.3, -0.25) is 0 Å². The van der Waals surface area contributed by atoms with Crippen LogP contribution in [0.15, 0.2) is 42.7 Å². The van der Waals surface area contributed by atoms with Crippen molar-refractivity contribution >= 4 is 11.2 Å². The molecule has 4 nitrogen and oxygen atoms in total. The highest BCUT2D eigenvalue weighted by atomic mass is 19.3. The van der Waals surface area contributed by atoms with Gasteiger partial charge >= 0.3 is 6.05 Å². The average Bonchev–Trinajstić information content (AvgIpc) is 2.79. The maximum absolute atomic E-state index is 13.5. The fourth-order valence-electron chi connectivity index (χ4n) is 1.91. The summed E-state index contributed by atoms with van der Waals surface area (Å²) in [7, 11) is 0. The lowest BCUT2D eigenvalue weighted by molar-refractivity contribution is -0.0683. The lowest BCUT2D eigenvalue weighted by Crippen LogP contribution is -2.20. The van der Waals surface area contributed by atoms with E-state index in [0.717, 1.165) is 12.5 Å². The Morgan fingerprint density at radius 1 is 1.05 bits per heavy atom. The van der Waals surface area contributed by atoms with Crippen molar-refractivity contribution in [3.05, 3.63) is 42.7 Å². The number of aromatic nitrogens is 4. The second kappa shape index (κ2) is 4.08. The third kappa shape index (κ3) is 1.95. The highest BCUT2D eigenvalue weighted by molar-refractivity contribution is 5.87. The van der Waals surface area contributed by atoms with Crippen LogP contribution in [0.25, 0.3) is 22.4 Å². The molecule has 2 heterocycles. The van der Waals surface area contributed by atoms with Gasteiger partial charge in [-0.2, -0.15) is 18.6 Å². The van der Waals surface area contributed by atoms with Gasteiger partial charge in [-0.1, -0.05) is 30.3 Å². The normalized spacial score (nSPS) is 11.9. The number of nitrogens with zero attached hydrogens (tertiary/aromatic N) is 4. The Balaban J connectivity index is 2.33. The standard InChI is InChI=1S/C13H10F2N4/c1-13(14,15)19-12-11(16-7-8-17-12)10(18-19)9-5-3-2-4-6-9/h2-8H,1H3. The van der Waals surface area contributed by atoms with E-state index in [4.69, 9.17) is 0 Å². The fourth-order valence-corrected chi connectivity index (χ4v) is 1.91. The van der Waals surface area contributed by atoms with Crippen LogP contribution in [-0.2, 0) is 6.05 Å². The molecule has 0 saturated heterocycles. The summed E-state index contributed by atoms with van der Waals surface area (Å²) in [5, 5.41) is 3.97. The fraction of sp³-hybridized carbons (Fsp3) is 0.154. The molecule has 0 unspecified atom stereocenters. The quantitative estimate of drug-likeness (QED) is 0.711. The van der Waals surface area contributed by atoms with Crippen molar-refractivity contribution in [3.63, 3.8) is 0 Å². The number of halogens is 2. The molecule has 0 aliphatic carbocycles. The molecule has 3 rings (SSSR count). The van der Waals surface area contributed by atoms with E-state index in [-0.39, 0.29) is 5.65 Å². The maximum Gasteiger partial charge on any atom is 0.342 e. The summed E-state index contributed by atoms with van der Waals surface area (Å²) in [6.07, 6.45) is 2.84. The van der Waals surface area contributed by atoms with Crippen LogP contribution in [-0.4, -0.2) is 19.7 Å². The zero-order valence-corrected chi connectivity index (χ0v) is 10.1. The van der Waals surface area contributed by atoms with Crippen molar-refractivity contribution < 1.29 is 8.78 Å². The second-order valence-corrected chi connectivity index (χ2v) is 4.20. The van der Waals surface area contributed by atoms with Crippen LogP contribution < -0.4 is 0 Å². The van der Waals surface area contributed by atoms with E-state index in [1.807, 2.05) is 18.2 Å². The van der Waals surface area contributed by atoms with Crippen LogP contribution in [0.2, 0.25) is 0 Å². The predicted molar refractivity (Wildman–Crippen MR) is 66.6 cm³/mol. The highest BCUT2D eigenvalue weighted by Crippen LogP contribution is 2.30. The van der Waals surface area contributed by atoms with E-state index in [1.165, 1.54) is 12.4 Å². The monoisotopic (exact) mass is 260 g/mol. The maximum atomic E-state index is 13.5. The van der Waals surface area contributed by atoms with E-state index in [2.05, 4.69) is 15.1 Å². The summed E-state index contributed by atoms with van der Waals surface area (Å²) >= 11 is 0. The summed E-state index contributed by atoms with van der Waals surface area (Å²) in [6, 6.07) is 5.97. The van der Waals surface area contributed by atoms with Crippen molar-refractivity contribution in [1.82, 2.24) is 19.7 Å². The Morgan fingerprint density at radius 3 is 2.42 bits per heavy atom. The topological polar surface area (TPSA) is 43.6 Å². The van der Waals surface area contributed by atoms with Crippen molar-refractivity contribution in [2.75, 3.05) is 0 Å². The Bertz CT molecular complexity index is 716. The van der Waals surface area contributed by atoms with Crippen molar-refractivity contribution in [2.45, 2.75) is 13.0 Å². The SMILES string of the molecule is CC(F)(F)n1nc(-c2ccccc2)c2nccnc21. The Kier molecular flexibility index (Phi) is 2.51. The van der Waals surface area contributed by atoms with Gasteiger partial charge in [0.1, 0.15) is 11.2 Å². The Labute approximate surface area is 107 Å². The van der Waals surface area contributed by atoms with E-state index < -0.39 is 6.05 Å². The molecule has 0 N–H and O–H groups in total. The molecule has 0 saturated carbocycles. The first-order valence-electron chi connectivity index (χ1n) is 5.71. The van der Waals surface area contributed by atoms with Crippen LogP contribution in [0.1, 0.15) is 6.92 Å². The van der Waals surface area contributed by atoms with Gasteiger partial charge in [0.2, 0.25) is 0 Å². The van der Waals surface area contributed by atoms with Crippen LogP contribution in [0.5, 0.6) is 0 Å². The lowest BCUT2D eigenvalue weighted by Gasteiger charge is -2.10. The van der Waals surface area contributed by atoms with Gasteiger partial charge in [0.15, 0.2) is 5.65 Å². The van der Waals surface area contributed by atoms with Crippen molar-refractivity contribution in [2.24, 2.45) is 0 Å². The first kappa shape index (κ1) is 11.7. The van der Waals surface area contributed by atoms with Crippen LogP contribution >= 0.6 is 0 Å². The van der Waals surface area contributed by atoms with Crippen molar-refractivity contribution in [1.29, 1.82) is 0 Å². The minimum absolute atomic E-state index is 0.0776. The number of fused-ring (bicyclic) bond motifs is 1. The number of alkyl halides is 2. The number of hydrogen-bond donors (Lipinski definition) is 0. The molecular weight excluding hydrogens is 250 g/mol. The zero-order chi connectivity index (χ0) is 13.5. The molecule has 0 bridgehead atoms. The number of rotatable bonds is 2. The molecule has 0 atom stereocenters. The highest BCUT2D eigenvalue weighted by Gasteiger charge is 2.30. The van der Waals surface area contributed by atoms with Crippen molar-refractivity contribution in [3.8, 4) is 11.3 Å². The molecule has 0 radical (unpaired) electrons. The molecule has 0 aliphatic heterocycles. The molecule has 0 spiro atoms. The summed E-state index contributed by atoms with van der Waals surface area (Å²) in [5.74, 6) is 0. The van der Waals surface area contributed by atoms with Gasteiger partial charge < -0.3 is 0 Å². The van der Waals surface area contributed by atoms with Crippen LogP contribution in [0.3, 0.4) is 0 Å². The zero-order valence-electron chi connectivity index (χ0n) is 10.1. The third-order valence-electron chi connectivity index (χ3n) is 2.72. The van der Waals surface area contributed by atoms with Gasteiger partial charge in [-0.05, 0) is 0 Å². The summed E-state index contributed by atoms with van der Waals surface area (Å²) in [4.78, 5) is 8.06. The van der Waals surface area contributed by atoms with E-state index in [0.29, 0.717) is 15.9 Å². The van der Waals surface area contributed by atoms with Gasteiger partial charge in [-0.25, -0.2) is 9.97 Å². The summed E-state index contributed by atoms with van der Waals surface area (Å²) < 4.78 is 27.7. The molecular formula is C13H10F2N4. The molecule has 96 valence electrons. The molecule has 6 heteroatoms. The molecule has 0 fully saturated rings. The van der Waals surface area contributed by atoms with Crippen LogP contribution in [0, 0.1) is 0 Å². The third-order valence-corrected chi connectivity index (χ3v) is 2.72. The molecule has 0 aliphatic rings. The van der Waals surface area contributed by atoms with E-state index in [9.17, 15) is 8.78 Å². The second-order valence-electron chi connectivity index (χ2n) is 4.20. The molecule has 19 heavy (non-hydrogen) atoms. The number of hydrogen-bond acceptors (Lipinski definition) is 3.